The van der Waals surface area contributed by atoms with Gasteiger partial charge in [0.25, 0.3) is 0 Å². The molecule has 0 bridgehead atoms. The Morgan fingerprint density at radius 2 is 1.77 bits per heavy atom. The van der Waals surface area contributed by atoms with Gasteiger partial charge in [0.1, 0.15) is 5.52 Å². The minimum Gasteiger partial charge on any atom is -0.832 e. The monoisotopic (exact) mass is 266 g/mol. The van der Waals surface area contributed by atoms with Crippen LogP contribution in [0.1, 0.15) is 0 Å². The zero-order valence-corrected chi connectivity index (χ0v) is 10.2. The van der Waals surface area contributed by atoms with E-state index >= 15 is 0 Å². The summed E-state index contributed by atoms with van der Waals surface area (Å²) in [6, 6.07) is 0. The van der Waals surface area contributed by atoms with Crippen LogP contribution in [-0.4, -0.2) is 39.9 Å². The Balaban J connectivity index is -0.000000173. The van der Waals surface area contributed by atoms with Crippen molar-refractivity contribution < 1.29 is 64.1 Å². The van der Waals surface area contributed by atoms with Crippen molar-refractivity contribution >= 4 is 35.2 Å². The van der Waals surface area contributed by atoms with Crippen LogP contribution >= 0.6 is 15.9 Å². The summed E-state index contributed by atoms with van der Waals surface area (Å²) >= 11 is 2.71. The van der Waals surface area contributed by atoms with Crippen molar-refractivity contribution in [2.24, 2.45) is 0 Å². The van der Waals surface area contributed by atoms with Crippen LogP contribution in [-0.2, 0) is 14.3 Å². The number of rotatable bonds is 1. The smallest absolute Gasteiger partial charge is 0.832 e. The molecule has 7 nitrogen and oxygen atoms in total. The third kappa shape index (κ3) is 24.5. The van der Waals surface area contributed by atoms with Gasteiger partial charge in [-0.05, 0) is 15.9 Å². The molecule has 0 atom stereocenters. The maximum absolute atomic E-state index is 9.89. The third-order valence-corrected chi connectivity index (χ3v) is 0.589. The fourth-order valence-corrected chi connectivity index (χ4v) is 0.319. The van der Waals surface area contributed by atoms with Crippen LogP contribution in [0.3, 0.4) is 0 Å². The number of alkyl halides is 1. The minimum atomic E-state index is -2.42. The maximum Gasteiger partial charge on any atom is 1.00 e. The summed E-state index contributed by atoms with van der Waals surface area (Å²) in [6.07, 6.45) is 0. The molecule has 0 rings (SSSR count). The molecule has 0 radical (unpaired) electrons. The van der Waals surface area contributed by atoms with Gasteiger partial charge in [-0.2, -0.15) is 0 Å². The molecule has 0 heterocycles. The number of hydrogen-bond acceptors (Lipinski definition) is 6. The molecule has 0 aliphatic heterocycles. The zero-order chi connectivity index (χ0) is 10.1. The predicted octanol–water partition coefficient (Wildman–Crippen LogP) is -5.71. The first kappa shape index (κ1) is 19.0. The number of carbonyl (C=O) groups is 2. The number of carbonyl (C=O) groups excluding carboxylic acids is 1. The summed E-state index contributed by atoms with van der Waals surface area (Å²) in [5.74, 6) is -2.83. The number of esters is 1. The van der Waals surface area contributed by atoms with E-state index in [0.29, 0.717) is 0 Å². The van der Waals surface area contributed by atoms with E-state index in [1.165, 1.54) is 0 Å². The molecule has 0 aromatic heterocycles. The molecule has 0 aliphatic rings. The van der Waals surface area contributed by atoms with E-state index in [1.54, 1.807) is 0 Å². The number of ether oxygens (including phenoxy) is 1. The molecule has 0 amide bonds. The van der Waals surface area contributed by atoms with Gasteiger partial charge in [0, 0.05) is 0 Å². The van der Waals surface area contributed by atoms with E-state index in [1.807, 2.05) is 0 Å². The van der Waals surface area contributed by atoms with E-state index in [4.69, 9.17) is 20.2 Å². The summed E-state index contributed by atoms with van der Waals surface area (Å²) in [4.78, 5) is 19.5. The largest absolute Gasteiger partial charge is 1.00 e. The van der Waals surface area contributed by atoms with Crippen LogP contribution in [0.4, 0.5) is 0 Å². The molecule has 0 unspecified atom stereocenters. The average molecular weight is 267 g/mol. The van der Waals surface area contributed by atoms with Gasteiger partial charge in [-0.1, -0.05) is 0 Å². The van der Waals surface area contributed by atoms with E-state index in [2.05, 4.69) is 20.7 Å². The Kier molecular flexibility index (Phi) is 18.1. The number of halogens is 1. The standard InChI is InChI=1S/C3H3BrO4.BH2O3.Na/c4-1-8-3(7)2(5)6;2-1(3)4;/h1H2,(H,5,6);2-3H;/q;-1;+1. The fraction of sp³-hybridized carbons (Fsp3) is 0.333. The fourth-order valence-electron chi connectivity index (χ4n) is 0.111. The summed E-state index contributed by atoms with van der Waals surface area (Å²) in [7, 11) is -2.42. The number of carboxylic acid groups (broad SMARTS) is 1. The quantitative estimate of drug-likeness (QED) is 0.187. The SMILES string of the molecule is O=C(O)C(=O)OCBr.[Na+].[O-]B(O)O. The molecule has 0 aromatic carbocycles. The molecular formula is C3H5BBrNaO7. The van der Waals surface area contributed by atoms with Crippen molar-refractivity contribution in [3.63, 3.8) is 0 Å². The molecule has 0 spiro atoms. The second-order valence-corrected chi connectivity index (χ2v) is 1.63. The normalized spacial score (nSPS) is 7.08. The van der Waals surface area contributed by atoms with Crippen LogP contribution in [0.2, 0.25) is 0 Å². The van der Waals surface area contributed by atoms with Crippen LogP contribution in [0.25, 0.3) is 0 Å². The van der Waals surface area contributed by atoms with Crippen LogP contribution < -0.4 is 34.6 Å². The van der Waals surface area contributed by atoms with Gasteiger partial charge in [0.05, 0.1) is 0 Å². The average Bonchev–Trinajstić information content (AvgIpc) is 1.86. The summed E-state index contributed by atoms with van der Waals surface area (Å²) in [5, 5.41) is 30.6. The molecule has 0 saturated carbocycles. The Labute approximate surface area is 104 Å². The van der Waals surface area contributed by atoms with Crippen molar-refractivity contribution in [1.29, 1.82) is 0 Å². The van der Waals surface area contributed by atoms with Crippen molar-refractivity contribution in [2.75, 3.05) is 5.52 Å². The van der Waals surface area contributed by atoms with Crippen LogP contribution in [0, 0.1) is 0 Å². The molecule has 0 fully saturated rings. The van der Waals surface area contributed by atoms with E-state index < -0.39 is 19.3 Å². The molecule has 70 valence electrons. The van der Waals surface area contributed by atoms with Crippen molar-refractivity contribution in [3.05, 3.63) is 0 Å². The number of carboxylic acids is 1. The second-order valence-electron chi connectivity index (χ2n) is 1.17. The zero-order valence-electron chi connectivity index (χ0n) is 6.64. The van der Waals surface area contributed by atoms with Crippen molar-refractivity contribution in [3.8, 4) is 0 Å². The first-order chi connectivity index (χ1) is 5.41. The molecule has 10 heteroatoms. The first-order valence-electron chi connectivity index (χ1n) is 2.39. The van der Waals surface area contributed by atoms with Gasteiger partial charge in [-0.25, -0.2) is 9.59 Å². The van der Waals surface area contributed by atoms with Gasteiger partial charge in [0.15, 0.2) is 0 Å². The molecule has 3 N–H and O–H groups in total. The van der Waals surface area contributed by atoms with Crippen LogP contribution in [0.5, 0.6) is 0 Å². The minimum absolute atomic E-state index is 0. The molecule has 0 aliphatic carbocycles. The first-order valence-corrected chi connectivity index (χ1v) is 3.52. The Morgan fingerprint density at radius 1 is 1.46 bits per heavy atom. The molecule has 0 saturated heterocycles. The van der Waals surface area contributed by atoms with E-state index in [-0.39, 0.29) is 35.1 Å². The van der Waals surface area contributed by atoms with E-state index in [9.17, 15) is 9.59 Å². The van der Waals surface area contributed by atoms with Gasteiger partial charge < -0.3 is 24.9 Å². The van der Waals surface area contributed by atoms with Crippen molar-refractivity contribution in [2.45, 2.75) is 0 Å². The molecular weight excluding hydrogens is 262 g/mol. The summed E-state index contributed by atoms with van der Waals surface area (Å²) in [5.41, 5.74) is -0.0852. The van der Waals surface area contributed by atoms with E-state index in [0.717, 1.165) is 0 Å². The topological polar surface area (TPSA) is 127 Å². The predicted molar refractivity (Wildman–Crippen MR) is 37.7 cm³/mol. The third-order valence-electron chi connectivity index (χ3n) is 0.360. The maximum atomic E-state index is 9.89. The Hall–Kier alpha value is 0.365. The van der Waals surface area contributed by atoms with Gasteiger partial charge in [-0.15, -0.1) is 0 Å². The Bertz CT molecular complexity index is 150. The van der Waals surface area contributed by atoms with Crippen molar-refractivity contribution in [1.82, 2.24) is 0 Å². The van der Waals surface area contributed by atoms with Gasteiger partial charge in [0.2, 0.25) is 0 Å². The number of aliphatic carboxylic acids is 1. The number of hydrogen-bond donors (Lipinski definition) is 3. The second kappa shape index (κ2) is 12.4. The molecule has 0 aromatic rings. The molecule has 13 heavy (non-hydrogen) atoms. The Morgan fingerprint density at radius 3 is 1.85 bits per heavy atom. The van der Waals surface area contributed by atoms with Crippen LogP contribution in [0.15, 0.2) is 0 Å². The van der Waals surface area contributed by atoms with Gasteiger partial charge in [-0.3, -0.25) is 0 Å². The summed E-state index contributed by atoms with van der Waals surface area (Å²) in [6.45, 7) is 0. The summed E-state index contributed by atoms with van der Waals surface area (Å²) < 4.78 is 3.98. The van der Waals surface area contributed by atoms with Gasteiger partial charge >= 0.3 is 48.8 Å².